The molecule has 25 heavy (non-hydrogen) atoms. The molecule has 0 bridgehead atoms. The molecule has 0 radical (unpaired) electrons. The van der Waals surface area contributed by atoms with Crippen LogP contribution in [0.5, 0.6) is 0 Å². The Morgan fingerprint density at radius 3 is 2.84 bits per heavy atom. The van der Waals surface area contributed by atoms with Crippen LogP contribution in [-0.2, 0) is 6.54 Å². The van der Waals surface area contributed by atoms with Crippen molar-refractivity contribution in [2.45, 2.75) is 33.7 Å². The second-order valence-electron chi connectivity index (χ2n) is 6.91. The van der Waals surface area contributed by atoms with E-state index in [1.54, 1.807) is 17.4 Å². The number of carbonyl (C=O) groups is 1. The fourth-order valence-corrected chi connectivity index (χ4v) is 4.24. The van der Waals surface area contributed by atoms with Crippen LogP contribution in [-0.4, -0.2) is 57.3 Å². The zero-order chi connectivity index (χ0) is 18.0. The average Bonchev–Trinajstić information content (AvgIpc) is 3.15. The summed E-state index contributed by atoms with van der Waals surface area (Å²) in [6.45, 7) is 9.29. The molecule has 0 saturated carbocycles. The lowest BCUT2D eigenvalue weighted by molar-refractivity contribution is 0.0777. The molecule has 0 N–H and O–H groups in total. The zero-order valence-electron chi connectivity index (χ0n) is 15.3. The monoisotopic (exact) mass is 359 g/mol. The van der Waals surface area contributed by atoms with Gasteiger partial charge in [0, 0.05) is 36.8 Å². The molecule has 6 nitrogen and oxygen atoms in total. The number of amides is 1. The minimum absolute atomic E-state index is 0.0251. The van der Waals surface area contributed by atoms with Crippen LogP contribution in [0, 0.1) is 26.7 Å². The molecule has 2 aromatic rings. The summed E-state index contributed by atoms with van der Waals surface area (Å²) in [5, 5.41) is 0. The fraction of sp³-hybridized carbons (Fsp3) is 0.556. The molecule has 3 heterocycles. The molecule has 134 valence electrons. The number of nitrogens with zero attached hydrogens (tertiary/aromatic N) is 5. The van der Waals surface area contributed by atoms with Crippen LogP contribution >= 0.6 is 11.3 Å². The number of aryl methyl sites for hydroxylation is 3. The van der Waals surface area contributed by atoms with Crippen molar-refractivity contribution in [1.82, 2.24) is 24.8 Å². The topological polar surface area (TPSA) is 62.2 Å². The van der Waals surface area contributed by atoms with Crippen molar-refractivity contribution >= 4 is 17.2 Å². The van der Waals surface area contributed by atoms with Crippen molar-refractivity contribution in [2.75, 3.05) is 26.7 Å². The zero-order valence-corrected chi connectivity index (χ0v) is 16.1. The summed E-state index contributed by atoms with van der Waals surface area (Å²) in [5.41, 5.74) is 4.38. The van der Waals surface area contributed by atoms with Crippen molar-refractivity contribution in [3.05, 3.63) is 39.4 Å². The van der Waals surface area contributed by atoms with Gasteiger partial charge in [0.05, 0.1) is 11.2 Å². The van der Waals surface area contributed by atoms with Gasteiger partial charge in [-0.25, -0.2) is 15.0 Å². The molecule has 1 aliphatic heterocycles. The molecule has 1 atom stereocenters. The van der Waals surface area contributed by atoms with E-state index in [-0.39, 0.29) is 5.91 Å². The van der Waals surface area contributed by atoms with E-state index in [0.717, 1.165) is 44.0 Å². The Morgan fingerprint density at radius 2 is 2.16 bits per heavy atom. The van der Waals surface area contributed by atoms with Crippen LogP contribution in [0.15, 0.2) is 11.6 Å². The maximum absolute atomic E-state index is 12.7. The number of hydrogen-bond donors (Lipinski definition) is 0. The van der Waals surface area contributed by atoms with Crippen molar-refractivity contribution in [3.8, 4) is 0 Å². The third-order valence-corrected chi connectivity index (χ3v) is 5.51. The van der Waals surface area contributed by atoms with Crippen molar-refractivity contribution < 1.29 is 4.79 Å². The number of hydrogen-bond acceptors (Lipinski definition) is 6. The molecule has 1 saturated heterocycles. The summed E-state index contributed by atoms with van der Waals surface area (Å²) < 4.78 is 0. The highest BCUT2D eigenvalue weighted by molar-refractivity contribution is 7.09. The van der Waals surface area contributed by atoms with Gasteiger partial charge in [-0.1, -0.05) is 0 Å². The average molecular weight is 359 g/mol. The molecule has 3 rings (SSSR count). The van der Waals surface area contributed by atoms with Gasteiger partial charge in [-0.3, -0.25) is 4.79 Å². The number of carbonyl (C=O) groups excluding carboxylic acids is 1. The van der Waals surface area contributed by atoms with Crippen molar-refractivity contribution in [1.29, 1.82) is 0 Å². The van der Waals surface area contributed by atoms with E-state index in [0.29, 0.717) is 17.4 Å². The Bertz CT molecular complexity index is 739. The Hall–Kier alpha value is -1.86. The van der Waals surface area contributed by atoms with Gasteiger partial charge in [0.2, 0.25) is 0 Å². The van der Waals surface area contributed by atoms with Crippen LogP contribution in [0.4, 0.5) is 0 Å². The largest absolute Gasteiger partial charge is 0.337 e. The van der Waals surface area contributed by atoms with Crippen LogP contribution < -0.4 is 0 Å². The minimum atomic E-state index is 0.0251. The standard InChI is InChI=1S/C18H25N5OS/c1-12-7-16(21-14(3)20-12)18(24)23-6-5-15(9-23)8-22(4)10-17-13(2)19-11-25-17/h7,11,15H,5-6,8-10H2,1-4H3/t15-/m1/s1. The Kier molecular flexibility index (Phi) is 5.44. The lowest BCUT2D eigenvalue weighted by Gasteiger charge is -2.21. The summed E-state index contributed by atoms with van der Waals surface area (Å²) in [6.07, 6.45) is 1.04. The quantitative estimate of drug-likeness (QED) is 0.821. The Labute approximate surface area is 152 Å². The highest BCUT2D eigenvalue weighted by atomic mass is 32.1. The second-order valence-corrected chi connectivity index (χ2v) is 7.84. The van der Waals surface area contributed by atoms with E-state index in [9.17, 15) is 4.79 Å². The lowest BCUT2D eigenvalue weighted by Crippen LogP contribution is -2.32. The second kappa shape index (κ2) is 7.58. The molecule has 0 spiro atoms. The smallest absolute Gasteiger partial charge is 0.272 e. The van der Waals surface area contributed by atoms with Gasteiger partial charge in [0.1, 0.15) is 11.5 Å². The highest BCUT2D eigenvalue weighted by Crippen LogP contribution is 2.21. The van der Waals surface area contributed by atoms with Gasteiger partial charge in [-0.05, 0) is 46.2 Å². The molecule has 1 amide bonds. The summed E-state index contributed by atoms with van der Waals surface area (Å²) in [7, 11) is 2.14. The first-order chi connectivity index (χ1) is 11.9. The van der Waals surface area contributed by atoms with Gasteiger partial charge in [-0.15, -0.1) is 11.3 Å². The maximum Gasteiger partial charge on any atom is 0.272 e. The summed E-state index contributed by atoms with van der Waals surface area (Å²) in [5.74, 6) is 1.18. The molecular weight excluding hydrogens is 334 g/mol. The molecule has 1 aliphatic rings. The number of thiazole rings is 1. The van der Waals surface area contributed by atoms with E-state index < -0.39 is 0 Å². The summed E-state index contributed by atoms with van der Waals surface area (Å²) in [4.78, 5) is 31.1. The van der Waals surface area contributed by atoms with Gasteiger partial charge in [-0.2, -0.15) is 0 Å². The van der Waals surface area contributed by atoms with Crippen LogP contribution in [0.3, 0.4) is 0 Å². The molecule has 0 aliphatic carbocycles. The lowest BCUT2D eigenvalue weighted by atomic mass is 10.1. The van der Waals surface area contributed by atoms with E-state index >= 15 is 0 Å². The van der Waals surface area contributed by atoms with Gasteiger partial charge >= 0.3 is 0 Å². The SMILES string of the molecule is Cc1cc(C(=O)N2CC[C@H](CN(C)Cc3scnc3C)C2)nc(C)n1. The molecule has 1 fully saturated rings. The molecule has 0 unspecified atom stereocenters. The third-order valence-electron chi connectivity index (χ3n) is 4.59. The number of aromatic nitrogens is 3. The Morgan fingerprint density at radius 1 is 1.36 bits per heavy atom. The number of likely N-dealkylation sites (tertiary alicyclic amines) is 1. The normalized spacial score (nSPS) is 17.5. The van der Waals surface area contributed by atoms with E-state index in [1.807, 2.05) is 24.3 Å². The van der Waals surface area contributed by atoms with Gasteiger partial charge < -0.3 is 9.80 Å². The summed E-state index contributed by atoms with van der Waals surface area (Å²) in [6, 6.07) is 1.78. The van der Waals surface area contributed by atoms with Gasteiger partial charge in [0.25, 0.3) is 5.91 Å². The highest BCUT2D eigenvalue weighted by Gasteiger charge is 2.28. The van der Waals surface area contributed by atoms with Crippen molar-refractivity contribution in [2.24, 2.45) is 5.92 Å². The first-order valence-electron chi connectivity index (χ1n) is 8.61. The fourth-order valence-electron chi connectivity index (χ4n) is 3.38. The Balaban J connectivity index is 1.56. The molecule has 2 aromatic heterocycles. The predicted octanol–water partition coefficient (Wildman–Crippen LogP) is 2.45. The van der Waals surface area contributed by atoms with E-state index in [2.05, 4.69) is 33.8 Å². The molecule has 0 aromatic carbocycles. The first kappa shape index (κ1) is 17.9. The summed E-state index contributed by atoms with van der Waals surface area (Å²) >= 11 is 1.71. The van der Waals surface area contributed by atoms with E-state index in [1.165, 1.54) is 4.88 Å². The van der Waals surface area contributed by atoms with Gasteiger partial charge in [0.15, 0.2) is 0 Å². The predicted molar refractivity (Wildman–Crippen MR) is 98.7 cm³/mol. The molecule has 7 heteroatoms. The van der Waals surface area contributed by atoms with Crippen LogP contribution in [0.25, 0.3) is 0 Å². The van der Waals surface area contributed by atoms with Crippen LogP contribution in [0.2, 0.25) is 0 Å². The first-order valence-corrected chi connectivity index (χ1v) is 9.49. The van der Waals surface area contributed by atoms with E-state index in [4.69, 9.17) is 0 Å². The van der Waals surface area contributed by atoms with Crippen molar-refractivity contribution in [3.63, 3.8) is 0 Å². The number of rotatable bonds is 5. The van der Waals surface area contributed by atoms with Crippen LogP contribution in [0.1, 0.15) is 39.0 Å². The third kappa shape index (κ3) is 4.41. The molecular formula is C18H25N5OS. The minimum Gasteiger partial charge on any atom is -0.337 e. The maximum atomic E-state index is 12.7.